The Balaban J connectivity index is 2.79. The fraction of sp³-hybridized carbons (Fsp3) is 0.455. The van der Waals surface area contributed by atoms with E-state index < -0.39 is 10.0 Å². The van der Waals surface area contributed by atoms with Crippen molar-refractivity contribution < 1.29 is 8.42 Å². The van der Waals surface area contributed by atoms with Crippen LogP contribution in [0.15, 0.2) is 35.2 Å². The minimum atomic E-state index is -3.40. The minimum absolute atomic E-state index is 0.0947. The van der Waals surface area contributed by atoms with E-state index in [0.717, 1.165) is 6.42 Å². The lowest BCUT2D eigenvalue weighted by atomic mass is 10.2. The first-order chi connectivity index (χ1) is 7.60. The monoisotopic (exact) mass is 261 g/mol. The Morgan fingerprint density at radius 2 is 1.94 bits per heavy atom. The molecule has 0 saturated carbocycles. The number of sulfonamides is 1. The second kappa shape index (κ2) is 6.23. The molecule has 1 atom stereocenters. The second-order valence-corrected chi connectivity index (χ2v) is 5.61. The van der Waals surface area contributed by atoms with Crippen LogP contribution in [0.4, 0.5) is 0 Å². The highest BCUT2D eigenvalue weighted by Gasteiger charge is 2.17. The zero-order valence-corrected chi connectivity index (χ0v) is 10.8. The molecule has 16 heavy (non-hydrogen) atoms. The third-order valence-electron chi connectivity index (χ3n) is 2.33. The second-order valence-electron chi connectivity index (χ2n) is 3.52. The summed E-state index contributed by atoms with van der Waals surface area (Å²) in [6.07, 6.45) is 1.38. The van der Waals surface area contributed by atoms with E-state index in [1.807, 2.05) is 6.92 Å². The van der Waals surface area contributed by atoms with Gasteiger partial charge < -0.3 is 0 Å². The number of alkyl halides is 1. The van der Waals surface area contributed by atoms with Crippen LogP contribution < -0.4 is 4.72 Å². The molecular formula is C11H16ClNO2S. The highest BCUT2D eigenvalue weighted by atomic mass is 35.5. The Bertz CT molecular complexity index is 405. The van der Waals surface area contributed by atoms with Crippen LogP contribution >= 0.6 is 11.6 Å². The van der Waals surface area contributed by atoms with Crippen molar-refractivity contribution in [1.82, 2.24) is 4.72 Å². The van der Waals surface area contributed by atoms with E-state index in [1.165, 1.54) is 0 Å². The van der Waals surface area contributed by atoms with Gasteiger partial charge in [-0.2, -0.15) is 0 Å². The molecule has 1 unspecified atom stereocenters. The summed E-state index contributed by atoms with van der Waals surface area (Å²) in [6.45, 7) is 1.94. The van der Waals surface area contributed by atoms with Gasteiger partial charge in [0.15, 0.2) is 0 Å². The third kappa shape index (κ3) is 3.77. The first-order valence-corrected chi connectivity index (χ1v) is 7.25. The van der Waals surface area contributed by atoms with E-state index in [1.54, 1.807) is 30.3 Å². The standard InChI is InChI=1S/C11H16ClNO2S/c1-2-10(8-9-12)13-16(14,15)11-6-4-3-5-7-11/h3-7,10,13H,2,8-9H2,1H3. The Morgan fingerprint density at radius 1 is 1.31 bits per heavy atom. The predicted molar refractivity (Wildman–Crippen MR) is 66.2 cm³/mol. The molecule has 0 spiro atoms. The van der Waals surface area contributed by atoms with Crippen molar-refractivity contribution in [3.05, 3.63) is 30.3 Å². The molecule has 0 saturated heterocycles. The van der Waals surface area contributed by atoms with Gasteiger partial charge in [-0.25, -0.2) is 13.1 Å². The van der Waals surface area contributed by atoms with Crippen molar-refractivity contribution >= 4 is 21.6 Å². The third-order valence-corrected chi connectivity index (χ3v) is 4.08. The molecule has 5 heteroatoms. The maximum Gasteiger partial charge on any atom is 0.240 e. The van der Waals surface area contributed by atoms with Crippen molar-refractivity contribution in [3.8, 4) is 0 Å². The van der Waals surface area contributed by atoms with Crippen LogP contribution in [0.2, 0.25) is 0 Å². The normalized spacial score (nSPS) is 13.6. The molecule has 0 aliphatic rings. The van der Waals surface area contributed by atoms with Crippen LogP contribution in [0.1, 0.15) is 19.8 Å². The highest BCUT2D eigenvalue weighted by molar-refractivity contribution is 7.89. The van der Waals surface area contributed by atoms with Crippen molar-refractivity contribution in [3.63, 3.8) is 0 Å². The van der Waals surface area contributed by atoms with E-state index >= 15 is 0 Å². The van der Waals surface area contributed by atoms with E-state index in [9.17, 15) is 8.42 Å². The summed E-state index contributed by atoms with van der Waals surface area (Å²) in [5.74, 6) is 0.454. The van der Waals surface area contributed by atoms with Gasteiger partial charge in [-0.05, 0) is 25.0 Å². The molecule has 1 N–H and O–H groups in total. The van der Waals surface area contributed by atoms with Crippen LogP contribution in [-0.2, 0) is 10.0 Å². The van der Waals surface area contributed by atoms with E-state index in [2.05, 4.69) is 4.72 Å². The van der Waals surface area contributed by atoms with Crippen molar-refractivity contribution in [1.29, 1.82) is 0 Å². The summed E-state index contributed by atoms with van der Waals surface area (Å²) < 4.78 is 26.5. The lowest BCUT2D eigenvalue weighted by Gasteiger charge is -2.15. The molecule has 1 aromatic carbocycles. The lowest BCUT2D eigenvalue weighted by Crippen LogP contribution is -2.34. The van der Waals surface area contributed by atoms with Crippen LogP contribution in [0.3, 0.4) is 0 Å². The fourth-order valence-electron chi connectivity index (χ4n) is 1.37. The van der Waals surface area contributed by atoms with E-state index in [4.69, 9.17) is 11.6 Å². The molecule has 0 amide bonds. The summed E-state index contributed by atoms with van der Waals surface area (Å²) in [4.78, 5) is 0.294. The SMILES string of the molecule is CCC(CCCl)NS(=O)(=O)c1ccccc1. The number of halogens is 1. The Morgan fingerprint density at radius 3 is 2.44 bits per heavy atom. The van der Waals surface area contributed by atoms with Gasteiger partial charge in [0.1, 0.15) is 0 Å². The first kappa shape index (κ1) is 13.5. The van der Waals surface area contributed by atoms with Gasteiger partial charge in [0.05, 0.1) is 4.90 Å². The molecule has 0 aromatic heterocycles. The molecule has 1 aromatic rings. The molecule has 0 bridgehead atoms. The molecule has 0 fully saturated rings. The van der Waals surface area contributed by atoms with Crippen molar-refractivity contribution in [2.45, 2.75) is 30.7 Å². The number of hydrogen-bond acceptors (Lipinski definition) is 2. The molecule has 0 heterocycles. The quantitative estimate of drug-likeness (QED) is 0.799. The zero-order valence-electron chi connectivity index (χ0n) is 9.19. The highest BCUT2D eigenvalue weighted by Crippen LogP contribution is 2.10. The summed E-state index contributed by atoms with van der Waals surface area (Å²) in [5, 5.41) is 0. The van der Waals surface area contributed by atoms with Crippen LogP contribution in [-0.4, -0.2) is 20.3 Å². The van der Waals surface area contributed by atoms with Gasteiger partial charge in [0.25, 0.3) is 0 Å². The summed E-state index contributed by atoms with van der Waals surface area (Å²) in [6, 6.07) is 8.26. The van der Waals surface area contributed by atoms with Crippen LogP contribution in [0.5, 0.6) is 0 Å². The minimum Gasteiger partial charge on any atom is -0.208 e. The van der Waals surface area contributed by atoms with Gasteiger partial charge in [0, 0.05) is 11.9 Å². The summed E-state index contributed by atoms with van der Waals surface area (Å²) in [7, 11) is -3.40. The van der Waals surface area contributed by atoms with Crippen molar-refractivity contribution in [2.75, 3.05) is 5.88 Å². The Hall–Kier alpha value is -0.580. The topological polar surface area (TPSA) is 46.2 Å². The lowest BCUT2D eigenvalue weighted by molar-refractivity contribution is 0.531. The van der Waals surface area contributed by atoms with Crippen LogP contribution in [0.25, 0.3) is 0 Å². The van der Waals surface area contributed by atoms with Gasteiger partial charge >= 0.3 is 0 Å². The van der Waals surface area contributed by atoms with Crippen LogP contribution in [0, 0.1) is 0 Å². The van der Waals surface area contributed by atoms with Gasteiger partial charge in [0.2, 0.25) is 10.0 Å². The fourth-order valence-corrected chi connectivity index (χ4v) is 3.00. The van der Waals surface area contributed by atoms with Gasteiger partial charge in [-0.15, -0.1) is 11.6 Å². The number of benzene rings is 1. The average Bonchev–Trinajstić information content (AvgIpc) is 2.29. The largest absolute Gasteiger partial charge is 0.240 e. The van der Waals surface area contributed by atoms with E-state index in [0.29, 0.717) is 17.2 Å². The Labute approximate surface area is 102 Å². The molecule has 3 nitrogen and oxygen atoms in total. The molecule has 90 valence electrons. The van der Waals surface area contributed by atoms with Gasteiger partial charge in [-0.1, -0.05) is 25.1 Å². The molecule has 0 aliphatic carbocycles. The maximum absolute atomic E-state index is 11.9. The molecule has 0 aliphatic heterocycles. The van der Waals surface area contributed by atoms with Crippen molar-refractivity contribution in [2.24, 2.45) is 0 Å². The Kier molecular flexibility index (Phi) is 5.25. The summed E-state index contributed by atoms with van der Waals surface area (Å²) >= 11 is 5.62. The predicted octanol–water partition coefficient (Wildman–Crippen LogP) is 2.37. The molecular weight excluding hydrogens is 246 g/mol. The van der Waals surface area contributed by atoms with E-state index in [-0.39, 0.29) is 6.04 Å². The van der Waals surface area contributed by atoms with Gasteiger partial charge in [-0.3, -0.25) is 0 Å². The number of nitrogens with one attached hydrogen (secondary N) is 1. The summed E-state index contributed by atoms with van der Waals surface area (Å²) in [5.41, 5.74) is 0. The zero-order chi connectivity index (χ0) is 12.0. The average molecular weight is 262 g/mol. The number of rotatable bonds is 6. The molecule has 0 radical (unpaired) electrons. The smallest absolute Gasteiger partial charge is 0.208 e. The molecule has 1 rings (SSSR count). The number of hydrogen-bond donors (Lipinski definition) is 1. The maximum atomic E-state index is 11.9. The first-order valence-electron chi connectivity index (χ1n) is 5.23.